The molecule has 0 radical (unpaired) electrons. The fourth-order valence-electron chi connectivity index (χ4n) is 1.64. The van der Waals surface area contributed by atoms with Crippen LogP contribution in [0.4, 0.5) is 0 Å². The van der Waals surface area contributed by atoms with E-state index in [1.54, 1.807) is 19.2 Å². The fraction of sp³-hybridized carbons (Fsp3) is 0.500. The molecule has 0 saturated heterocycles. The van der Waals surface area contributed by atoms with Crippen molar-refractivity contribution in [1.29, 1.82) is 0 Å². The topological polar surface area (TPSA) is 95.5 Å². The molecule has 21 heavy (non-hydrogen) atoms. The van der Waals surface area contributed by atoms with Crippen LogP contribution < -0.4 is 10.5 Å². The molecule has 0 amide bonds. The summed E-state index contributed by atoms with van der Waals surface area (Å²) in [5.41, 5.74) is 7.03. The third-order valence-electron chi connectivity index (χ3n) is 2.72. The number of rotatable bonds is 10. The number of nitrogens with zero attached hydrogens (tertiary/aromatic N) is 1. The van der Waals surface area contributed by atoms with E-state index in [1.807, 2.05) is 6.07 Å². The van der Waals surface area contributed by atoms with Crippen LogP contribution in [-0.4, -0.2) is 51.7 Å². The summed E-state index contributed by atoms with van der Waals surface area (Å²) in [5.74, 6) is 0.536. The van der Waals surface area contributed by atoms with Crippen molar-refractivity contribution >= 4 is 5.84 Å². The molecular weight excluding hydrogens is 276 g/mol. The van der Waals surface area contributed by atoms with Crippen LogP contribution >= 0.6 is 0 Å². The van der Waals surface area contributed by atoms with Gasteiger partial charge in [-0.05, 0) is 17.7 Å². The molecule has 0 aliphatic carbocycles. The normalized spacial score (nSPS) is 11.6. The monoisotopic (exact) mass is 298 g/mol. The Morgan fingerprint density at radius 1 is 1.14 bits per heavy atom. The Balaban J connectivity index is 2.42. The smallest absolute Gasteiger partial charge is 0.173 e. The van der Waals surface area contributed by atoms with E-state index in [9.17, 15) is 0 Å². The second-order valence-corrected chi connectivity index (χ2v) is 4.18. The van der Waals surface area contributed by atoms with Crippen molar-refractivity contribution in [2.24, 2.45) is 10.9 Å². The molecule has 118 valence electrons. The highest BCUT2D eigenvalue weighted by Gasteiger charge is 2.08. The summed E-state index contributed by atoms with van der Waals surface area (Å²) in [4.78, 5) is 0. The molecule has 7 nitrogen and oxygen atoms in total. The first-order valence-corrected chi connectivity index (χ1v) is 6.52. The SMILES string of the molecule is COCCOCCOCc1ccc(/C(N)=N/O)c(OC)c1. The Morgan fingerprint density at radius 2 is 1.86 bits per heavy atom. The van der Waals surface area contributed by atoms with Gasteiger partial charge in [0.05, 0.1) is 45.7 Å². The molecule has 7 heteroatoms. The molecule has 0 aliphatic heterocycles. The molecule has 0 atom stereocenters. The number of ether oxygens (including phenoxy) is 4. The standard InChI is InChI=1S/C14H22N2O5/c1-18-5-6-20-7-8-21-10-11-3-4-12(14(15)16-17)13(9-11)19-2/h3-4,9,17H,5-8,10H2,1-2H3,(H2,15,16). The first-order valence-electron chi connectivity index (χ1n) is 6.52. The first-order chi connectivity index (χ1) is 10.2. The lowest BCUT2D eigenvalue weighted by molar-refractivity contribution is 0.0199. The van der Waals surface area contributed by atoms with E-state index in [4.69, 9.17) is 29.9 Å². The molecule has 0 spiro atoms. The van der Waals surface area contributed by atoms with Gasteiger partial charge in [-0.25, -0.2) is 0 Å². The lowest BCUT2D eigenvalue weighted by Gasteiger charge is -2.10. The van der Waals surface area contributed by atoms with E-state index in [0.29, 0.717) is 44.3 Å². The first kappa shape index (κ1) is 17.2. The third-order valence-corrected chi connectivity index (χ3v) is 2.72. The quantitative estimate of drug-likeness (QED) is 0.220. The predicted octanol–water partition coefficient (Wildman–Crippen LogP) is 0.969. The fourth-order valence-corrected chi connectivity index (χ4v) is 1.64. The largest absolute Gasteiger partial charge is 0.496 e. The van der Waals surface area contributed by atoms with Gasteiger partial charge < -0.3 is 29.9 Å². The average molecular weight is 298 g/mol. The third kappa shape index (κ3) is 5.99. The van der Waals surface area contributed by atoms with Crippen LogP contribution in [0.25, 0.3) is 0 Å². The molecule has 1 aromatic carbocycles. The van der Waals surface area contributed by atoms with E-state index in [0.717, 1.165) is 5.56 Å². The Bertz CT molecular complexity index is 451. The lowest BCUT2D eigenvalue weighted by atomic mass is 10.1. The van der Waals surface area contributed by atoms with E-state index in [1.165, 1.54) is 7.11 Å². The minimum atomic E-state index is 0.00543. The van der Waals surface area contributed by atoms with Crippen molar-refractivity contribution in [1.82, 2.24) is 0 Å². The van der Waals surface area contributed by atoms with Gasteiger partial charge in [0.25, 0.3) is 0 Å². The molecule has 3 N–H and O–H groups in total. The maximum absolute atomic E-state index is 8.70. The van der Waals surface area contributed by atoms with Crippen molar-refractivity contribution < 1.29 is 24.2 Å². The maximum atomic E-state index is 8.70. The Hall–Kier alpha value is -1.83. The zero-order valence-corrected chi connectivity index (χ0v) is 12.4. The number of hydrogen-bond donors (Lipinski definition) is 2. The second-order valence-electron chi connectivity index (χ2n) is 4.18. The number of nitrogens with two attached hydrogens (primary N) is 1. The van der Waals surface area contributed by atoms with Gasteiger partial charge in [-0.2, -0.15) is 0 Å². The molecule has 0 fully saturated rings. The minimum Gasteiger partial charge on any atom is -0.496 e. The zero-order chi connectivity index (χ0) is 15.5. The molecule has 0 heterocycles. The van der Waals surface area contributed by atoms with E-state index in [2.05, 4.69) is 5.16 Å². The van der Waals surface area contributed by atoms with E-state index in [-0.39, 0.29) is 5.84 Å². The number of methoxy groups -OCH3 is 2. The van der Waals surface area contributed by atoms with Gasteiger partial charge in [0.1, 0.15) is 5.75 Å². The summed E-state index contributed by atoms with van der Waals surface area (Å²) >= 11 is 0. The van der Waals surface area contributed by atoms with Gasteiger partial charge in [0, 0.05) is 7.11 Å². The van der Waals surface area contributed by atoms with Crippen molar-refractivity contribution in [3.8, 4) is 5.75 Å². The van der Waals surface area contributed by atoms with Gasteiger partial charge in [-0.15, -0.1) is 0 Å². The molecule has 1 rings (SSSR count). The number of benzene rings is 1. The van der Waals surface area contributed by atoms with Gasteiger partial charge in [0.2, 0.25) is 0 Å². The molecular formula is C14H22N2O5. The molecule has 0 unspecified atom stereocenters. The summed E-state index contributed by atoms with van der Waals surface area (Å²) in [7, 11) is 3.16. The van der Waals surface area contributed by atoms with Crippen molar-refractivity contribution in [2.45, 2.75) is 6.61 Å². The van der Waals surface area contributed by atoms with Crippen LogP contribution in [0.15, 0.2) is 23.4 Å². The minimum absolute atomic E-state index is 0.00543. The van der Waals surface area contributed by atoms with Crippen LogP contribution in [-0.2, 0) is 20.8 Å². The molecule has 1 aromatic rings. The summed E-state index contributed by atoms with van der Waals surface area (Å²) in [6.45, 7) is 2.58. The lowest BCUT2D eigenvalue weighted by Crippen LogP contribution is -2.14. The van der Waals surface area contributed by atoms with Gasteiger partial charge in [-0.1, -0.05) is 11.2 Å². The summed E-state index contributed by atoms with van der Waals surface area (Å²) in [5, 5.41) is 11.7. The zero-order valence-electron chi connectivity index (χ0n) is 12.4. The van der Waals surface area contributed by atoms with Crippen LogP contribution in [0, 0.1) is 0 Å². The summed E-state index contributed by atoms with van der Waals surface area (Å²) in [6, 6.07) is 5.35. The van der Waals surface area contributed by atoms with Crippen LogP contribution in [0.3, 0.4) is 0 Å². The highest BCUT2D eigenvalue weighted by atomic mass is 16.5. The number of hydrogen-bond acceptors (Lipinski definition) is 6. The summed E-state index contributed by atoms with van der Waals surface area (Å²) < 4.78 is 20.9. The molecule has 0 aromatic heterocycles. The predicted molar refractivity (Wildman–Crippen MR) is 77.9 cm³/mol. The second kappa shape index (κ2) is 9.98. The van der Waals surface area contributed by atoms with E-state index < -0.39 is 0 Å². The molecule has 0 bridgehead atoms. The van der Waals surface area contributed by atoms with Crippen LogP contribution in [0.2, 0.25) is 0 Å². The summed E-state index contributed by atoms with van der Waals surface area (Å²) in [6.07, 6.45) is 0. The number of amidine groups is 1. The van der Waals surface area contributed by atoms with Crippen LogP contribution in [0.1, 0.15) is 11.1 Å². The Labute approximate surface area is 124 Å². The average Bonchev–Trinajstić information content (AvgIpc) is 2.53. The Morgan fingerprint density at radius 3 is 2.52 bits per heavy atom. The molecule has 0 saturated carbocycles. The number of oxime groups is 1. The molecule has 0 aliphatic rings. The van der Waals surface area contributed by atoms with Gasteiger partial charge in [-0.3, -0.25) is 0 Å². The highest BCUT2D eigenvalue weighted by molar-refractivity contribution is 5.99. The Kier molecular flexibility index (Phi) is 8.18. The van der Waals surface area contributed by atoms with Gasteiger partial charge in [0.15, 0.2) is 5.84 Å². The maximum Gasteiger partial charge on any atom is 0.173 e. The van der Waals surface area contributed by atoms with Crippen molar-refractivity contribution in [3.63, 3.8) is 0 Å². The van der Waals surface area contributed by atoms with Crippen LogP contribution in [0.5, 0.6) is 5.75 Å². The van der Waals surface area contributed by atoms with E-state index >= 15 is 0 Å². The van der Waals surface area contributed by atoms with Crippen molar-refractivity contribution in [2.75, 3.05) is 40.6 Å². The highest BCUT2D eigenvalue weighted by Crippen LogP contribution is 2.20. The van der Waals surface area contributed by atoms with Crippen molar-refractivity contribution in [3.05, 3.63) is 29.3 Å². The van der Waals surface area contributed by atoms with Gasteiger partial charge >= 0.3 is 0 Å².